The lowest BCUT2D eigenvalue weighted by molar-refractivity contribution is -0.149. The number of hydrogen-bond acceptors (Lipinski definition) is 4. The third-order valence-electron chi connectivity index (χ3n) is 4.59. The summed E-state index contributed by atoms with van der Waals surface area (Å²) in [7, 11) is 0. The Bertz CT molecular complexity index is 675. The van der Waals surface area contributed by atoms with Crippen LogP contribution in [0, 0.1) is 0 Å². The Morgan fingerprint density at radius 3 is 2.74 bits per heavy atom. The summed E-state index contributed by atoms with van der Waals surface area (Å²) in [6, 6.07) is 6.35. The van der Waals surface area contributed by atoms with E-state index in [-0.39, 0.29) is 24.8 Å². The van der Waals surface area contributed by atoms with Crippen LogP contribution in [0.4, 0.5) is 5.69 Å². The predicted molar refractivity (Wildman–Crippen MR) is 82.9 cm³/mol. The van der Waals surface area contributed by atoms with Gasteiger partial charge in [-0.1, -0.05) is 12.1 Å². The second kappa shape index (κ2) is 5.57. The Morgan fingerprint density at radius 1 is 1.26 bits per heavy atom. The van der Waals surface area contributed by atoms with Gasteiger partial charge in [-0.05, 0) is 25.5 Å². The Labute approximate surface area is 133 Å². The van der Waals surface area contributed by atoms with Gasteiger partial charge in [0.25, 0.3) is 5.91 Å². The van der Waals surface area contributed by atoms with Gasteiger partial charge < -0.3 is 20.6 Å². The summed E-state index contributed by atoms with van der Waals surface area (Å²) in [5, 5.41) is 15.4. The van der Waals surface area contributed by atoms with Crippen LogP contribution in [0.1, 0.15) is 36.5 Å². The van der Waals surface area contributed by atoms with Gasteiger partial charge in [0, 0.05) is 25.1 Å². The van der Waals surface area contributed by atoms with E-state index < -0.39 is 17.7 Å². The van der Waals surface area contributed by atoms with Gasteiger partial charge in [0.15, 0.2) is 0 Å². The van der Waals surface area contributed by atoms with Gasteiger partial charge in [-0.25, -0.2) is 4.79 Å². The fourth-order valence-electron chi connectivity index (χ4n) is 3.18. The number of nitrogens with zero attached hydrogens (tertiary/aromatic N) is 1. The van der Waals surface area contributed by atoms with Crippen LogP contribution in [0.2, 0.25) is 0 Å². The molecule has 122 valence electrons. The zero-order chi connectivity index (χ0) is 16.6. The topological polar surface area (TPSA) is 98.7 Å². The van der Waals surface area contributed by atoms with Crippen molar-refractivity contribution in [3.63, 3.8) is 0 Å². The largest absolute Gasteiger partial charge is 0.480 e. The first-order valence-corrected chi connectivity index (χ1v) is 7.64. The monoisotopic (exact) mass is 317 g/mol. The normalized spacial score (nSPS) is 25.2. The molecule has 0 bridgehead atoms. The molecule has 23 heavy (non-hydrogen) atoms. The molecule has 1 spiro atoms. The number of likely N-dealkylation sites (tertiary alicyclic amines) is 1. The van der Waals surface area contributed by atoms with Crippen molar-refractivity contribution < 1.29 is 19.5 Å². The third kappa shape index (κ3) is 2.74. The third-order valence-corrected chi connectivity index (χ3v) is 4.59. The number of carboxylic acids is 1. The molecule has 2 aliphatic rings. The SMILES string of the molecule is C[C@H](C(=O)O)N1CC[C@@]2(CCC1=O)NC(=O)c1ccccc1N2. The smallest absolute Gasteiger partial charge is 0.326 e. The van der Waals surface area contributed by atoms with Crippen molar-refractivity contribution in [3.8, 4) is 0 Å². The van der Waals surface area contributed by atoms with Crippen LogP contribution >= 0.6 is 0 Å². The highest BCUT2D eigenvalue weighted by atomic mass is 16.4. The molecule has 0 unspecified atom stereocenters. The van der Waals surface area contributed by atoms with Gasteiger partial charge in [-0.2, -0.15) is 0 Å². The molecule has 0 saturated carbocycles. The average Bonchev–Trinajstić information content (AvgIpc) is 2.67. The maximum Gasteiger partial charge on any atom is 0.326 e. The minimum Gasteiger partial charge on any atom is -0.480 e. The van der Waals surface area contributed by atoms with Crippen molar-refractivity contribution in [1.82, 2.24) is 10.2 Å². The first-order chi connectivity index (χ1) is 10.9. The summed E-state index contributed by atoms with van der Waals surface area (Å²) in [5.74, 6) is -1.40. The number of nitrogens with one attached hydrogen (secondary N) is 2. The van der Waals surface area contributed by atoms with Crippen LogP contribution in [0.3, 0.4) is 0 Å². The quantitative estimate of drug-likeness (QED) is 0.756. The van der Waals surface area contributed by atoms with Crippen LogP contribution < -0.4 is 10.6 Å². The van der Waals surface area contributed by atoms with E-state index in [1.165, 1.54) is 11.8 Å². The van der Waals surface area contributed by atoms with E-state index in [2.05, 4.69) is 10.6 Å². The van der Waals surface area contributed by atoms with Gasteiger partial charge in [0.2, 0.25) is 5.91 Å². The van der Waals surface area contributed by atoms with Crippen molar-refractivity contribution in [1.29, 1.82) is 0 Å². The van der Waals surface area contributed by atoms with Crippen LogP contribution in [-0.2, 0) is 9.59 Å². The number of aliphatic carboxylic acids is 1. The van der Waals surface area contributed by atoms with Crippen molar-refractivity contribution in [2.45, 2.75) is 37.9 Å². The predicted octanol–water partition coefficient (Wildman–Crippen LogP) is 1.02. The van der Waals surface area contributed by atoms with E-state index in [1.807, 2.05) is 12.1 Å². The molecule has 7 heteroatoms. The first-order valence-electron chi connectivity index (χ1n) is 7.64. The second-order valence-electron chi connectivity index (χ2n) is 6.06. The lowest BCUT2D eigenvalue weighted by atomic mass is 9.95. The Morgan fingerprint density at radius 2 is 2.00 bits per heavy atom. The van der Waals surface area contributed by atoms with Gasteiger partial charge in [0.05, 0.1) is 5.56 Å². The summed E-state index contributed by atoms with van der Waals surface area (Å²) in [6.45, 7) is 1.78. The van der Waals surface area contributed by atoms with E-state index in [4.69, 9.17) is 5.11 Å². The lowest BCUT2D eigenvalue weighted by Crippen LogP contribution is -2.58. The van der Waals surface area contributed by atoms with Crippen molar-refractivity contribution in [3.05, 3.63) is 29.8 Å². The fraction of sp³-hybridized carbons (Fsp3) is 0.438. The molecule has 2 aliphatic heterocycles. The molecule has 1 aromatic rings. The summed E-state index contributed by atoms with van der Waals surface area (Å²) in [5.41, 5.74) is 0.599. The molecule has 7 nitrogen and oxygen atoms in total. The van der Waals surface area contributed by atoms with Crippen LogP contribution in [0.25, 0.3) is 0 Å². The number of hydrogen-bond donors (Lipinski definition) is 3. The molecule has 3 rings (SSSR count). The zero-order valence-corrected chi connectivity index (χ0v) is 12.8. The minimum atomic E-state index is -1.03. The van der Waals surface area contributed by atoms with Gasteiger partial charge in [0.1, 0.15) is 11.7 Å². The molecular weight excluding hydrogens is 298 g/mol. The van der Waals surface area contributed by atoms with Crippen molar-refractivity contribution in [2.24, 2.45) is 0 Å². The zero-order valence-electron chi connectivity index (χ0n) is 12.8. The molecule has 3 N–H and O–H groups in total. The molecule has 1 aromatic carbocycles. The summed E-state index contributed by atoms with van der Waals surface area (Å²) in [4.78, 5) is 37.1. The Kier molecular flexibility index (Phi) is 3.71. The maximum atomic E-state index is 12.3. The average molecular weight is 317 g/mol. The molecule has 1 fully saturated rings. The lowest BCUT2D eigenvalue weighted by Gasteiger charge is -2.40. The number of carbonyl (C=O) groups excluding carboxylic acids is 2. The van der Waals surface area contributed by atoms with E-state index >= 15 is 0 Å². The molecule has 0 aliphatic carbocycles. The van der Waals surface area contributed by atoms with E-state index in [0.717, 1.165) is 5.69 Å². The summed E-state index contributed by atoms with van der Waals surface area (Å²) < 4.78 is 0. The number of fused-ring (bicyclic) bond motifs is 1. The van der Waals surface area contributed by atoms with Gasteiger partial charge in [-0.15, -0.1) is 0 Å². The molecule has 0 radical (unpaired) electrons. The molecule has 2 heterocycles. The van der Waals surface area contributed by atoms with Crippen molar-refractivity contribution >= 4 is 23.5 Å². The maximum absolute atomic E-state index is 12.3. The number of carbonyl (C=O) groups is 3. The standard InChI is InChI=1S/C16H19N3O4/c1-10(15(22)23)19-9-8-16(7-6-13(19)20)17-12-5-3-2-4-11(12)14(21)18-16/h2-5,10,17H,6-9H2,1H3,(H,18,21)(H,22,23)/t10-,16-/m1/s1. The first kappa shape index (κ1) is 15.3. The minimum absolute atomic E-state index is 0.175. The molecule has 0 aromatic heterocycles. The fourth-order valence-corrected chi connectivity index (χ4v) is 3.18. The summed E-state index contributed by atoms with van der Waals surface area (Å²) in [6.07, 6.45) is 1.07. The number of rotatable bonds is 2. The Hall–Kier alpha value is -2.57. The van der Waals surface area contributed by atoms with Crippen LogP contribution in [0.15, 0.2) is 24.3 Å². The van der Waals surface area contributed by atoms with Crippen LogP contribution in [0.5, 0.6) is 0 Å². The number of para-hydroxylation sites is 1. The van der Waals surface area contributed by atoms with E-state index in [0.29, 0.717) is 18.4 Å². The number of benzene rings is 1. The molecule has 1 saturated heterocycles. The highest BCUT2D eigenvalue weighted by Crippen LogP contribution is 2.31. The molecule has 2 amide bonds. The second-order valence-corrected chi connectivity index (χ2v) is 6.06. The highest BCUT2D eigenvalue weighted by molar-refractivity contribution is 6.02. The van der Waals surface area contributed by atoms with Gasteiger partial charge >= 0.3 is 5.97 Å². The van der Waals surface area contributed by atoms with E-state index in [9.17, 15) is 14.4 Å². The molecule has 2 atom stereocenters. The number of anilines is 1. The van der Waals surface area contributed by atoms with E-state index in [1.54, 1.807) is 12.1 Å². The molecular formula is C16H19N3O4. The number of amides is 2. The Balaban J connectivity index is 1.84. The number of carboxylic acid groups (broad SMARTS) is 1. The van der Waals surface area contributed by atoms with Gasteiger partial charge in [-0.3, -0.25) is 9.59 Å². The summed E-state index contributed by atoms with van der Waals surface area (Å²) >= 11 is 0. The highest BCUT2D eigenvalue weighted by Gasteiger charge is 2.41. The van der Waals surface area contributed by atoms with Crippen LogP contribution in [-0.4, -0.2) is 46.0 Å². The van der Waals surface area contributed by atoms with Crippen molar-refractivity contribution in [2.75, 3.05) is 11.9 Å².